The summed E-state index contributed by atoms with van der Waals surface area (Å²) in [7, 11) is 0. The van der Waals surface area contributed by atoms with Crippen molar-refractivity contribution < 1.29 is 4.42 Å². The van der Waals surface area contributed by atoms with Crippen LogP contribution in [0.1, 0.15) is 31.6 Å². The van der Waals surface area contributed by atoms with Crippen LogP contribution in [0.25, 0.3) is 0 Å². The third-order valence-electron chi connectivity index (χ3n) is 4.07. The fourth-order valence-corrected chi connectivity index (χ4v) is 3.11. The molecule has 2 bridgehead atoms. The van der Waals surface area contributed by atoms with Gasteiger partial charge in [0.1, 0.15) is 5.76 Å². The molecule has 88 valence electrons. The van der Waals surface area contributed by atoms with Crippen molar-refractivity contribution >= 4 is 0 Å². The molecule has 1 aromatic heterocycles. The molecule has 3 heteroatoms. The third-order valence-corrected chi connectivity index (χ3v) is 4.07. The molecule has 0 amide bonds. The minimum atomic E-state index is 0.340. The zero-order valence-corrected chi connectivity index (χ0v) is 9.86. The Morgan fingerprint density at radius 2 is 2.31 bits per heavy atom. The highest BCUT2D eigenvalue weighted by Gasteiger charge is 2.34. The van der Waals surface area contributed by atoms with Gasteiger partial charge in [-0.2, -0.15) is 0 Å². The van der Waals surface area contributed by atoms with E-state index in [2.05, 4.69) is 23.2 Å². The van der Waals surface area contributed by atoms with E-state index in [1.807, 2.05) is 6.07 Å². The van der Waals surface area contributed by atoms with E-state index in [-0.39, 0.29) is 0 Å². The Morgan fingerprint density at radius 1 is 1.44 bits per heavy atom. The Bertz CT molecular complexity index is 336. The fourth-order valence-electron chi connectivity index (χ4n) is 3.11. The largest absolute Gasteiger partial charge is 0.468 e. The van der Waals surface area contributed by atoms with Gasteiger partial charge in [0.05, 0.1) is 12.3 Å². The second kappa shape index (κ2) is 4.22. The van der Waals surface area contributed by atoms with Crippen molar-refractivity contribution in [1.29, 1.82) is 0 Å². The van der Waals surface area contributed by atoms with Gasteiger partial charge in [-0.25, -0.2) is 0 Å². The summed E-state index contributed by atoms with van der Waals surface area (Å²) in [5, 5.41) is 3.73. The highest BCUT2D eigenvalue weighted by atomic mass is 16.3. The number of hydrogen-bond acceptors (Lipinski definition) is 3. The zero-order chi connectivity index (χ0) is 11.0. The molecule has 0 aromatic carbocycles. The van der Waals surface area contributed by atoms with Gasteiger partial charge in [0.2, 0.25) is 0 Å². The summed E-state index contributed by atoms with van der Waals surface area (Å²) in [5.74, 6) is 1.91. The summed E-state index contributed by atoms with van der Waals surface area (Å²) in [6.07, 6.45) is 4.41. The van der Waals surface area contributed by atoms with Gasteiger partial charge in [-0.1, -0.05) is 0 Å². The smallest absolute Gasteiger partial charge is 0.120 e. The monoisotopic (exact) mass is 220 g/mol. The average Bonchev–Trinajstić information content (AvgIpc) is 2.93. The number of rotatable bonds is 3. The molecule has 0 spiro atoms. The molecule has 2 aliphatic heterocycles. The van der Waals surface area contributed by atoms with Crippen LogP contribution in [0.2, 0.25) is 0 Å². The second-order valence-corrected chi connectivity index (χ2v) is 5.15. The number of hydrogen-bond donors (Lipinski definition) is 1. The minimum absolute atomic E-state index is 0.340. The Kier molecular flexibility index (Phi) is 2.74. The summed E-state index contributed by atoms with van der Waals surface area (Å²) in [6.45, 7) is 6.06. The summed E-state index contributed by atoms with van der Waals surface area (Å²) >= 11 is 0. The van der Waals surface area contributed by atoms with E-state index < -0.39 is 0 Å². The van der Waals surface area contributed by atoms with Crippen LogP contribution in [-0.2, 0) is 0 Å². The number of nitrogens with zero attached hydrogens (tertiary/aromatic N) is 1. The maximum absolute atomic E-state index is 5.44. The lowest BCUT2D eigenvalue weighted by Gasteiger charge is -2.32. The number of piperidine rings is 1. The molecular weight excluding hydrogens is 200 g/mol. The van der Waals surface area contributed by atoms with Gasteiger partial charge in [0.15, 0.2) is 0 Å². The zero-order valence-electron chi connectivity index (χ0n) is 9.86. The molecule has 3 rings (SSSR count). The van der Waals surface area contributed by atoms with E-state index in [1.54, 1.807) is 6.26 Å². The van der Waals surface area contributed by atoms with Crippen molar-refractivity contribution in [2.45, 2.75) is 31.8 Å². The summed E-state index contributed by atoms with van der Waals surface area (Å²) in [6, 6.07) is 5.04. The summed E-state index contributed by atoms with van der Waals surface area (Å²) in [5.41, 5.74) is 0. The second-order valence-electron chi connectivity index (χ2n) is 5.15. The molecule has 2 fully saturated rings. The number of nitrogens with one attached hydrogen (secondary N) is 1. The van der Waals surface area contributed by atoms with Crippen LogP contribution in [0.3, 0.4) is 0 Å². The average molecular weight is 220 g/mol. The van der Waals surface area contributed by atoms with Crippen LogP contribution in [0.5, 0.6) is 0 Å². The van der Waals surface area contributed by atoms with Gasteiger partial charge < -0.3 is 14.6 Å². The van der Waals surface area contributed by atoms with Crippen LogP contribution in [0.4, 0.5) is 0 Å². The molecule has 4 unspecified atom stereocenters. The maximum atomic E-state index is 5.44. The molecule has 0 aliphatic carbocycles. The van der Waals surface area contributed by atoms with Gasteiger partial charge in [0.25, 0.3) is 0 Å². The first-order valence-corrected chi connectivity index (χ1v) is 6.35. The van der Waals surface area contributed by atoms with Crippen LogP contribution < -0.4 is 5.32 Å². The Balaban J connectivity index is 1.62. The molecule has 1 aromatic rings. The summed E-state index contributed by atoms with van der Waals surface area (Å²) < 4.78 is 5.44. The number of furan rings is 1. The maximum Gasteiger partial charge on any atom is 0.120 e. The number of fused-ring (bicyclic) bond motifs is 2. The molecule has 2 saturated heterocycles. The van der Waals surface area contributed by atoms with Crippen LogP contribution in [0.15, 0.2) is 22.8 Å². The Morgan fingerprint density at radius 3 is 3.12 bits per heavy atom. The standard InChI is InChI=1S/C13H20N2O/c1-10(13-3-2-8-16-13)14-12-5-7-15-6-4-11(12)9-15/h2-3,8,10-12,14H,4-7,9H2,1H3. The van der Waals surface area contributed by atoms with Gasteiger partial charge in [0, 0.05) is 12.6 Å². The topological polar surface area (TPSA) is 28.4 Å². The first kappa shape index (κ1) is 10.4. The molecule has 1 N–H and O–H groups in total. The SMILES string of the molecule is CC(NC1CCN2CCC1C2)c1ccco1. The minimum Gasteiger partial charge on any atom is -0.468 e. The van der Waals surface area contributed by atoms with E-state index in [9.17, 15) is 0 Å². The lowest BCUT2D eigenvalue weighted by atomic mass is 9.93. The van der Waals surface area contributed by atoms with Crippen LogP contribution in [-0.4, -0.2) is 30.6 Å². The van der Waals surface area contributed by atoms with Crippen LogP contribution in [0, 0.1) is 5.92 Å². The molecule has 0 saturated carbocycles. The third kappa shape index (κ3) is 1.89. The molecule has 3 heterocycles. The van der Waals surface area contributed by atoms with Crippen molar-refractivity contribution in [3.8, 4) is 0 Å². The van der Waals surface area contributed by atoms with Gasteiger partial charge in [-0.15, -0.1) is 0 Å². The molecule has 3 nitrogen and oxygen atoms in total. The van der Waals surface area contributed by atoms with E-state index >= 15 is 0 Å². The predicted molar refractivity (Wildman–Crippen MR) is 63.2 cm³/mol. The normalized spacial score (nSPS) is 35.2. The molecule has 0 radical (unpaired) electrons. The highest BCUT2D eigenvalue weighted by Crippen LogP contribution is 2.28. The highest BCUT2D eigenvalue weighted by molar-refractivity contribution is 5.04. The quantitative estimate of drug-likeness (QED) is 0.845. The van der Waals surface area contributed by atoms with E-state index in [1.165, 1.54) is 32.5 Å². The first-order chi connectivity index (χ1) is 7.83. The molecule has 2 aliphatic rings. The van der Waals surface area contributed by atoms with Crippen molar-refractivity contribution in [3.63, 3.8) is 0 Å². The van der Waals surface area contributed by atoms with Gasteiger partial charge in [-0.3, -0.25) is 0 Å². The molecular formula is C13H20N2O. The van der Waals surface area contributed by atoms with E-state index in [4.69, 9.17) is 4.42 Å². The molecule has 4 atom stereocenters. The predicted octanol–water partition coefficient (Wildman–Crippen LogP) is 2.02. The van der Waals surface area contributed by atoms with Crippen molar-refractivity contribution in [2.75, 3.05) is 19.6 Å². The fraction of sp³-hybridized carbons (Fsp3) is 0.692. The Hall–Kier alpha value is -0.800. The van der Waals surface area contributed by atoms with E-state index in [0.717, 1.165) is 11.7 Å². The molecule has 16 heavy (non-hydrogen) atoms. The van der Waals surface area contributed by atoms with Crippen molar-refractivity contribution in [3.05, 3.63) is 24.2 Å². The Labute approximate surface area is 96.8 Å². The lowest BCUT2D eigenvalue weighted by Crippen LogP contribution is -2.44. The summed E-state index contributed by atoms with van der Waals surface area (Å²) in [4.78, 5) is 2.58. The van der Waals surface area contributed by atoms with Gasteiger partial charge in [-0.05, 0) is 50.9 Å². The van der Waals surface area contributed by atoms with Crippen molar-refractivity contribution in [2.24, 2.45) is 5.92 Å². The van der Waals surface area contributed by atoms with Crippen molar-refractivity contribution in [1.82, 2.24) is 10.2 Å². The van der Waals surface area contributed by atoms with E-state index in [0.29, 0.717) is 12.1 Å². The van der Waals surface area contributed by atoms with Gasteiger partial charge >= 0.3 is 0 Å². The van der Waals surface area contributed by atoms with Crippen LogP contribution >= 0.6 is 0 Å². The first-order valence-electron chi connectivity index (χ1n) is 6.35. The lowest BCUT2D eigenvalue weighted by molar-refractivity contribution is 0.207.